The van der Waals surface area contributed by atoms with Gasteiger partial charge in [-0.25, -0.2) is 9.67 Å². The number of hydrogen-bond donors (Lipinski definition) is 1. The molecule has 0 aliphatic rings. The van der Waals surface area contributed by atoms with Crippen molar-refractivity contribution in [3.8, 4) is 11.3 Å². The van der Waals surface area contributed by atoms with Gasteiger partial charge >= 0.3 is 0 Å². The molecule has 0 radical (unpaired) electrons. The van der Waals surface area contributed by atoms with Gasteiger partial charge in [0.2, 0.25) is 5.91 Å². The molecular weight excluding hydrogens is 408 g/mol. The van der Waals surface area contributed by atoms with Crippen LogP contribution in [0.4, 0.5) is 5.69 Å². The smallest absolute Gasteiger partial charge is 0.294 e. The number of fused-ring (bicyclic) bond motifs is 1. The standard InChI is InChI=1S/C24H24N4O2S/c1-13-9-10-18(15(3)11-13)21-23-22(25-17(5)31-23)24(30)28(27-21)12-20(29)26-19-8-6-7-14(2)16(19)4/h6-11H,12H2,1-5H3,(H,26,29). The molecule has 0 aliphatic heterocycles. The van der Waals surface area contributed by atoms with Crippen LogP contribution in [-0.4, -0.2) is 20.7 Å². The van der Waals surface area contributed by atoms with Crippen molar-refractivity contribution in [2.45, 2.75) is 41.2 Å². The first-order chi connectivity index (χ1) is 14.7. The van der Waals surface area contributed by atoms with Gasteiger partial charge < -0.3 is 5.32 Å². The van der Waals surface area contributed by atoms with E-state index in [2.05, 4.69) is 21.5 Å². The second-order valence-corrected chi connectivity index (χ2v) is 9.04. The summed E-state index contributed by atoms with van der Waals surface area (Å²) in [4.78, 5) is 30.2. The zero-order valence-electron chi connectivity index (χ0n) is 18.2. The quantitative estimate of drug-likeness (QED) is 0.507. The molecule has 0 fully saturated rings. The monoisotopic (exact) mass is 432 g/mol. The molecule has 2 aromatic heterocycles. The van der Waals surface area contributed by atoms with Crippen molar-refractivity contribution in [2.24, 2.45) is 0 Å². The zero-order valence-corrected chi connectivity index (χ0v) is 19.1. The van der Waals surface area contributed by atoms with Crippen LogP contribution in [0.25, 0.3) is 21.5 Å². The average molecular weight is 433 g/mol. The van der Waals surface area contributed by atoms with Gasteiger partial charge in [0, 0.05) is 11.3 Å². The highest BCUT2D eigenvalue weighted by molar-refractivity contribution is 7.19. The number of carbonyl (C=O) groups excluding carboxylic acids is 1. The first-order valence-electron chi connectivity index (χ1n) is 10.1. The number of anilines is 1. The fourth-order valence-electron chi connectivity index (χ4n) is 3.64. The maximum atomic E-state index is 13.0. The second-order valence-electron chi connectivity index (χ2n) is 7.84. The number of aryl methyl sites for hydroxylation is 4. The van der Waals surface area contributed by atoms with Crippen molar-refractivity contribution in [3.63, 3.8) is 0 Å². The first kappa shape index (κ1) is 20.9. The Labute approximate surface area is 184 Å². The largest absolute Gasteiger partial charge is 0.324 e. The minimum atomic E-state index is -0.357. The lowest BCUT2D eigenvalue weighted by atomic mass is 10.0. The molecule has 0 atom stereocenters. The molecule has 4 aromatic rings. The SMILES string of the molecule is Cc1ccc(-c2nn(CC(=O)Nc3cccc(C)c3C)c(=O)c3nc(C)sc23)c(C)c1. The molecule has 7 heteroatoms. The molecule has 0 saturated carbocycles. The summed E-state index contributed by atoms with van der Waals surface area (Å²) in [6.45, 7) is 9.69. The summed E-state index contributed by atoms with van der Waals surface area (Å²) in [6, 6.07) is 11.8. The van der Waals surface area contributed by atoms with Gasteiger partial charge in [-0.1, -0.05) is 35.9 Å². The molecule has 158 valence electrons. The Morgan fingerprint density at radius 2 is 1.84 bits per heavy atom. The van der Waals surface area contributed by atoms with E-state index < -0.39 is 0 Å². The van der Waals surface area contributed by atoms with E-state index in [1.165, 1.54) is 16.0 Å². The molecule has 0 aliphatic carbocycles. The minimum absolute atomic E-state index is 0.184. The Balaban J connectivity index is 1.78. The van der Waals surface area contributed by atoms with Crippen molar-refractivity contribution >= 4 is 33.1 Å². The van der Waals surface area contributed by atoms with Gasteiger partial charge in [0.15, 0.2) is 5.52 Å². The van der Waals surface area contributed by atoms with E-state index in [9.17, 15) is 9.59 Å². The van der Waals surface area contributed by atoms with Crippen molar-refractivity contribution in [1.82, 2.24) is 14.8 Å². The van der Waals surface area contributed by atoms with Gasteiger partial charge in [-0.05, 0) is 57.4 Å². The summed E-state index contributed by atoms with van der Waals surface area (Å²) in [5.41, 5.74) is 6.64. The molecular formula is C24H24N4O2S. The van der Waals surface area contributed by atoms with E-state index in [1.54, 1.807) is 0 Å². The van der Waals surface area contributed by atoms with E-state index in [0.29, 0.717) is 11.2 Å². The lowest BCUT2D eigenvalue weighted by Gasteiger charge is -2.13. The van der Waals surface area contributed by atoms with Crippen molar-refractivity contribution in [3.05, 3.63) is 74.0 Å². The molecule has 0 bridgehead atoms. The van der Waals surface area contributed by atoms with Crippen LogP contribution in [0.1, 0.15) is 27.3 Å². The van der Waals surface area contributed by atoms with Crippen LogP contribution in [0.15, 0.2) is 41.2 Å². The normalized spacial score (nSPS) is 11.1. The zero-order chi connectivity index (χ0) is 22.3. The Hall–Kier alpha value is -3.32. The van der Waals surface area contributed by atoms with E-state index in [0.717, 1.165) is 43.2 Å². The minimum Gasteiger partial charge on any atom is -0.324 e. The first-order valence-corrected chi connectivity index (χ1v) is 10.9. The maximum absolute atomic E-state index is 13.0. The lowest BCUT2D eigenvalue weighted by molar-refractivity contribution is -0.117. The number of thiazole rings is 1. The van der Waals surface area contributed by atoms with E-state index in [1.807, 2.05) is 65.0 Å². The second kappa shape index (κ2) is 8.07. The van der Waals surface area contributed by atoms with Gasteiger partial charge in [-0.15, -0.1) is 11.3 Å². The molecule has 1 N–H and O–H groups in total. The number of hydrogen-bond acceptors (Lipinski definition) is 5. The molecule has 0 spiro atoms. The highest BCUT2D eigenvalue weighted by Gasteiger charge is 2.19. The van der Waals surface area contributed by atoms with Gasteiger partial charge in [-0.2, -0.15) is 5.10 Å². The summed E-state index contributed by atoms with van der Waals surface area (Å²) in [5.74, 6) is -0.304. The number of rotatable bonds is 4. The van der Waals surface area contributed by atoms with Gasteiger partial charge in [0.25, 0.3) is 5.56 Å². The van der Waals surface area contributed by atoms with E-state index >= 15 is 0 Å². The summed E-state index contributed by atoms with van der Waals surface area (Å²) < 4.78 is 1.97. The molecule has 0 unspecified atom stereocenters. The van der Waals surface area contributed by atoms with Crippen molar-refractivity contribution in [1.29, 1.82) is 0 Å². The Bertz CT molecular complexity index is 1380. The summed E-state index contributed by atoms with van der Waals surface area (Å²) >= 11 is 1.45. The number of benzene rings is 2. The average Bonchev–Trinajstić information content (AvgIpc) is 3.10. The topological polar surface area (TPSA) is 76.9 Å². The number of aromatic nitrogens is 3. The third-order valence-electron chi connectivity index (χ3n) is 5.42. The Kier molecular flexibility index (Phi) is 5.45. The third-order valence-corrected chi connectivity index (χ3v) is 6.39. The lowest BCUT2D eigenvalue weighted by Crippen LogP contribution is -2.30. The summed E-state index contributed by atoms with van der Waals surface area (Å²) in [5, 5.41) is 8.30. The van der Waals surface area contributed by atoms with Crippen LogP contribution in [0.5, 0.6) is 0 Å². The molecule has 0 saturated heterocycles. The predicted molar refractivity (Wildman–Crippen MR) is 126 cm³/mol. The Morgan fingerprint density at radius 1 is 1.06 bits per heavy atom. The number of carbonyl (C=O) groups is 1. The fourth-order valence-corrected chi connectivity index (χ4v) is 4.55. The highest BCUT2D eigenvalue weighted by atomic mass is 32.1. The van der Waals surface area contributed by atoms with Crippen LogP contribution < -0.4 is 10.9 Å². The van der Waals surface area contributed by atoms with Crippen molar-refractivity contribution < 1.29 is 4.79 Å². The maximum Gasteiger partial charge on any atom is 0.294 e. The van der Waals surface area contributed by atoms with Crippen LogP contribution in [-0.2, 0) is 11.3 Å². The number of nitrogens with one attached hydrogen (secondary N) is 1. The van der Waals surface area contributed by atoms with Crippen LogP contribution in [0, 0.1) is 34.6 Å². The molecule has 2 heterocycles. The summed E-state index contributed by atoms with van der Waals surface area (Å²) in [6.07, 6.45) is 0. The van der Waals surface area contributed by atoms with E-state index in [4.69, 9.17) is 0 Å². The van der Waals surface area contributed by atoms with Crippen LogP contribution in [0.2, 0.25) is 0 Å². The molecule has 1 amide bonds. The van der Waals surface area contributed by atoms with Gasteiger partial charge in [0.05, 0.1) is 9.71 Å². The number of nitrogens with zero attached hydrogens (tertiary/aromatic N) is 3. The molecule has 4 rings (SSSR count). The fraction of sp³-hybridized carbons (Fsp3) is 0.250. The van der Waals surface area contributed by atoms with Gasteiger partial charge in [-0.3, -0.25) is 9.59 Å². The van der Waals surface area contributed by atoms with Crippen LogP contribution >= 0.6 is 11.3 Å². The molecule has 6 nitrogen and oxygen atoms in total. The third kappa shape index (κ3) is 4.01. The highest BCUT2D eigenvalue weighted by Crippen LogP contribution is 2.31. The van der Waals surface area contributed by atoms with Crippen LogP contribution in [0.3, 0.4) is 0 Å². The van der Waals surface area contributed by atoms with Gasteiger partial charge in [0.1, 0.15) is 12.2 Å². The predicted octanol–water partition coefficient (Wildman–Crippen LogP) is 4.70. The molecule has 2 aromatic carbocycles. The molecule has 31 heavy (non-hydrogen) atoms. The Morgan fingerprint density at radius 3 is 2.58 bits per heavy atom. The summed E-state index contributed by atoms with van der Waals surface area (Å²) in [7, 11) is 0. The van der Waals surface area contributed by atoms with E-state index in [-0.39, 0.29) is 18.0 Å². The van der Waals surface area contributed by atoms with Crippen molar-refractivity contribution in [2.75, 3.05) is 5.32 Å². The number of amides is 1.